The number of fused-ring (bicyclic) bond motifs is 1. The van der Waals surface area contributed by atoms with Crippen LogP contribution in [0, 0.1) is 6.92 Å². The van der Waals surface area contributed by atoms with E-state index in [0.717, 1.165) is 50.1 Å². The fourth-order valence-electron chi connectivity index (χ4n) is 3.98. The van der Waals surface area contributed by atoms with Gasteiger partial charge in [-0.1, -0.05) is 42.5 Å². The van der Waals surface area contributed by atoms with E-state index in [1.54, 1.807) is 26.6 Å². The predicted octanol–water partition coefficient (Wildman–Crippen LogP) is 6.15. The monoisotopic (exact) mass is 441 g/mol. The van der Waals surface area contributed by atoms with E-state index in [-0.39, 0.29) is 5.91 Å². The third-order valence-corrected chi connectivity index (χ3v) is 5.73. The largest absolute Gasteiger partial charge is 0.497 e. The number of allylic oxidation sites excluding steroid dienone is 1. The summed E-state index contributed by atoms with van der Waals surface area (Å²) in [5, 5.41) is 3.91. The Hall–Kier alpha value is -3.99. The number of amides is 1. The highest BCUT2D eigenvalue weighted by molar-refractivity contribution is 6.01. The number of carbonyl (C=O) groups is 1. The van der Waals surface area contributed by atoms with Crippen molar-refractivity contribution in [2.45, 2.75) is 20.4 Å². The molecule has 1 aromatic heterocycles. The number of aryl methyl sites for hydroxylation is 1. The van der Waals surface area contributed by atoms with Crippen molar-refractivity contribution in [3.63, 3.8) is 0 Å². The van der Waals surface area contributed by atoms with Crippen molar-refractivity contribution in [3.05, 3.63) is 89.7 Å². The minimum atomic E-state index is -0.154. The highest BCUT2D eigenvalue weighted by atomic mass is 16.5. The Bertz CT molecular complexity index is 1300. The Morgan fingerprint density at radius 1 is 1.03 bits per heavy atom. The van der Waals surface area contributed by atoms with Crippen molar-refractivity contribution in [3.8, 4) is 22.6 Å². The summed E-state index contributed by atoms with van der Waals surface area (Å²) >= 11 is 0. The molecular weight excluding hydrogens is 414 g/mol. The van der Waals surface area contributed by atoms with Gasteiger partial charge in [-0.3, -0.25) is 4.79 Å². The highest BCUT2D eigenvalue weighted by Crippen LogP contribution is 2.40. The van der Waals surface area contributed by atoms with Crippen LogP contribution in [-0.2, 0) is 11.3 Å². The lowest BCUT2D eigenvalue weighted by Crippen LogP contribution is -2.20. The third-order valence-electron chi connectivity index (χ3n) is 5.73. The van der Waals surface area contributed by atoms with Crippen molar-refractivity contribution in [2.24, 2.45) is 0 Å². The van der Waals surface area contributed by atoms with Crippen LogP contribution in [0.3, 0.4) is 0 Å². The van der Waals surface area contributed by atoms with Gasteiger partial charge < -0.3 is 19.2 Å². The Balaban J connectivity index is 1.69. The highest BCUT2D eigenvalue weighted by Gasteiger charge is 2.19. The molecule has 0 atom stereocenters. The van der Waals surface area contributed by atoms with E-state index in [0.29, 0.717) is 12.3 Å². The quantitative estimate of drug-likeness (QED) is 0.350. The molecule has 3 aromatic carbocycles. The SMILES string of the molecule is COc1ccc(-c2coc3c(C)c(OC)c(/C(C)=C/C(=O)NCc4ccccc4)cc23)cc1. The van der Waals surface area contributed by atoms with Gasteiger partial charge in [-0.25, -0.2) is 0 Å². The Morgan fingerprint density at radius 3 is 2.42 bits per heavy atom. The molecule has 0 aliphatic rings. The fourth-order valence-corrected chi connectivity index (χ4v) is 3.98. The molecule has 0 bridgehead atoms. The maximum atomic E-state index is 12.6. The second kappa shape index (κ2) is 9.65. The fraction of sp³-hybridized carbons (Fsp3) is 0.179. The van der Waals surface area contributed by atoms with Crippen molar-refractivity contribution in [2.75, 3.05) is 14.2 Å². The van der Waals surface area contributed by atoms with Crippen molar-refractivity contribution in [1.82, 2.24) is 5.32 Å². The summed E-state index contributed by atoms with van der Waals surface area (Å²) in [6.45, 7) is 4.36. The molecule has 0 fully saturated rings. The molecule has 5 nitrogen and oxygen atoms in total. The number of nitrogens with one attached hydrogen (secondary N) is 1. The van der Waals surface area contributed by atoms with Gasteiger partial charge in [-0.05, 0) is 48.7 Å². The number of carbonyl (C=O) groups excluding carboxylic acids is 1. The van der Waals surface area contributed by atoms with Gasteiger partial charge in [0, 0.05) is 34.7 Å². The third kappa shape index (κ3) is 4.62. The molecule has 0 saturated heterocycles. The molecule has 0 spiro atoms. The summed E-state index contributed by atoms with van der Waals surface area (Å²) in [5.41, 5.74) is 6.37. The molecule has 0 radical (unpaired) electrons. The predicted molar refractivity (Wildman–Crippen MR) is 131 cm³/mol. The lowest BCUT2D eigenvalue weighted by molar-refractivity contribution is -0.116. The van der Waals surface area contributed by atoms with Crippen LogP contribution in [0.5, 0.6) is 11.5 Å². The van der Waals surface area contributed by atoms with E-state index < -0.39 is 0 Å². The summed E-state index contributed by atoms with van der Waals surface area (Å²) in [4.78, 5) is 12.6. The summed E-state index contributed by atoms with van der Waals surface area (Å²) in [5.74, 6) is 1.34. The van der Waals surface area contributed by atoms with Crippen LogP contribution in [0.25, 0.3) is 27.7 Å². The number of methoxy groups -OCH3 is 2. The van der Waals surface area contributed by atoms with Crippen LogP contribution in [0.2, 0.25) is 0 Å². The molecule has 0 aliphatic carbocycles. The van der Waals surface area contributed by atoms with E-state index in [1.807, 2.05) is 74.5 Å². The molecule has 1 heterocycles. The molecule has 1 amide bonds. The first-order valence-electron chi connectivity index (χ1n) is 10.8. The first-order chi connectivity index (χ1) is 16.0. The van der Waals surface area contributed by atoms with Gasteiger partial charge >= 0.3 is 0 Å². The zero-order valence-electron chi connectivity index (χ0n) is 19.3. The average molecular weight is 442 g/mol. The van der Waals surface area contributed by atoms with Gasteiger partial charge in [0.05, 0.1) is 20.5 Å². The molecule has 4 aromatic rings. The summed E-state index contributed by atoms with van der Waals surface area (Å²) in [6, 6.07) is 19.7. The van der Waals surface area contributed by atoms with Gasteiger partial charge in [0.25, 0.3) is 0 Å². The summed E-state index contributed by atoms with van der Waals surface area (Å²) in [7, 11) is 3.28. The van der Waals surface area contributed by atoms with E-state index in [4.69, 9.17) is 13.9 Å². The number of furan rings is 1. The van der Waals surface area contributed by atoms with Gasteiger partial charge in [0.2, 0.25) is 5.91 Å². The molecule has 1 N–H and O–H groups in total. The van der Waals surface area contributed by atoms with Gasteiger partial charge in [-0.2, -0.15) is 0 Å². The number of ether oxygens (including phenoxy) is 2. The second-order valence-corrected chi connectivity index (χ2v) is 7.87. The van der Waals surface area contributed by atoms with Crippen LogP contribution < -0.4 is 14.8 Å². The molecule has 33 heavy (non-hydrogen) atoms. The van der Waals surface area contributed by atoms with Crippen LogP contribution >= 0.6 is 0 Å². The van der Waals surface area contributed by atoms with Crippen molar-refractivity contribution in [1.29, 1.82) is 0 Å². The van der Waals surface area contributed by atoms with E-state index in [2.05, 4.69) is 5.32 Å². The number of benzene rings is 3. The van der Waals surface area contributed by atoms with Crippen molar-refractivity contribution < 1.29 is 18.7 Å². The first-order valence-corrected chi connectivity index (χ1v) is 10.8. The standard InChI is InChI=1S/C28H27NO4/c1-18(14-26(30)29-16-20-8-6-5-7-9-20)23-15-24-25(21-10-12-22(31-3)13-11-21)17-33-28(24)19(2)27(23)32-4/h5-15,17H,16H2,1-4H3,(H,29,30)/b18-14+. The molecule has 0 unspecified atom stereocenters. The maximum Gasteiger partial charge on any atom is 0.244 e. The van der Waals surface area contributed by atoms with Crippen LogP contribution in [-0.4, -0.2) is 20.1 Å². The van der Waals surface area contributed by atoms with Gasteiger partial charge in [0.15, 0.2) is 0 Å². The second-order valence-electron chi connectivity index (χ2n) is 7.87. The zero-order chi connectivity index (χ0) is 23.4. The smallest absolute Gasteiger partial charge is 0.244 e. The minimum absolute atomic E-state index is 0.154. The molecular formula is C28H27NO4. The van der Waals surface area contributed by atoms with Crippen LogP contribution in [0.15, 0.2) is 77.4 Å². The lowest BCUT2D eigenvalue weighted by Gasteiger charge is -2.13. The zero-order valence-corrected chi connectivity index (χ0v) is 19.3. The average Bonchev–Trinajstić information content (AvgIpc) is 3.27. The van der Waals surface area contributed by atoms with Crippen LogP contribution in [0.1, 0.15) is 23.6 Å². The van der Waals surface area contributed by atoms with Gasteiger partial charge in [0.1, 0.15) is 17.1 Å². The van der Waals surface area contributed by atoms with Crippen molar-refractivity contribution >= 4 is 22.4 Å². The van der Waals surface area contributed by atoms with E-state index in [1.165, 1.54) is 0 Å². The number of hydrogen-bond acceptors (Lipinski definition) is 4. The Labute approximate surface area is 193 Å². The number of hydrogen-bond donors (Lipinski definition) is 1. The topological polar surface area (TPSA) is 60.7 Å². The molecule has 4 rings (SSSR count). The molecule has 5 heteroatoms. The van der Waals surface area contributed by atoms with E-state index >= 15 is 0 Å². The normalized spacial score (nSPS) is 11.5. The Kier molecular flexibility index (Phi) is 6.50. The first kappa shape index (κ1) is 22.2. The summed E-state index contributed by atoms with van der Waals surface area (Å²) < 4.78 is 16.9. The molecule has 0 saturated carbocycles. The number of rotatable bonds is 7. The maximum absolute atomic E-state index is 12.6. The van der Waals surface area contributed by atoms with Crippen LogP contribution in [0.4, 0.5) is 0 Å². The minimum Gasteiger partial charge on any atom is -0.497 e. The lowest BCUT2D eigenvalue weighted by atomic mass is 9.96. The van der Waals surface area contributed by atoms with Gasteiger partial charge in [-0.15, -0.1) is 0 Å². The molecule has 168 valence electrons. The molecule has 0 aliphatic heterocycles. The Morgan fingerprint density at radius 2 is 1.76 bits per heavy atom. The van der Waals surface area contributed by atoms with E-state index in [9.17, 15) is 4.79 Å². The summed E-state index contributed by atoms with van der Waals surface area (Å²) in [6.07, 6.45) is 3.37.